The maximum Gasteiger partial charge on any atom is 0.243 e. The van der Waals surface area contributed by atoms with Crippen LogP contribution in [0.25, 0.3) is 27.8 Å². The Bertz CT molecular complexity index is 1240. The van der Waals surface area contributed by atoms with Gasteiger partial charge in [-0.05, 0) is 48.4 Å². The van der Waals surface area contributed by atoms with Gasteiger partial charge in [0.15, 0.2) is 0 Å². The number of para-hydroxylation sites is 1. The minimum atomic E-state index is 0.761. The standard InChI is InChI=1S/C26H30N4/c1-5-16-14-17(27)15-22-24(16)29-25-20(7-3)19(6-2)23(28)21(8-4)26(25)30(22)18-12-10-9-11-13-18/h9-15H,5-8H2,1-4H3,(H3,27,28)/p+1. The highest BCUT2D eigenvalue weighted by molar-refractivity contribution is 5.93. The van der Waals surface area contributed by atoms with E-state index in [1.807, 2.05) is 12.1 Å². The lowest BCUT2D eigenvalue weighted by Crippen LogP contribution is -2.35. The van der Waals surface area contributed by atoms with E-state index in [-0.39, 0.29) is 0 Å². The first kappa shape index (κ1) is 20.1. The Morgan fingerprint density at radius 2 is 1.43 bits per heavy atom. The number of nitrogens with two attached hydrogens (primary N) is 2. The van der Waals surface area contributed by atoms with Gasteiger partial charge in [0.05, 0.1) is 0 Å². The highest BCUT2D eigenvalue weighted by Crippen LogP contribution is 2.34. The number of rotatable bonds is 5. The van der Waals surface area contributed by atoms with Gasteiger partial charge in [0.2, 0.25) is 16.7 Å². The molecule has 4 rings (SSSR count). The number of aryl methyl sites for hydroxylation is 3. The molecule has 0 unspecified atom stereocenters. The summed E-state index contributed by atoms with van der Waals surface area (Å²) in [6, 6.07) is 14.6. The first-order valence-electron chi connectivity index (χ1n) is 11.0. The van der Waals surface area contributed by atoms with Crippen LogP contribution in [0, 0.1) is 0 Å². The summed E-state index contributed by atoms with van der Waals surface area (Å²) in [6.45, 7) is 8.71. The van der Waals surface area contributed by atoms with Crippen LogP contribution in [0.2, 0.25) is 0 Å². The van der Waals surface area contributed by atoms with Gasteiger partial charge in [0.25, 0.3) is 0 Å². The van der Waals surface area contributed by atoms with E-state index in [1.165, 1.54) is 16.7 Å². The third-order valence-corrected chi connectivity index (χ3v) is 6.15. The van der Waals surface area contributed by atoms with E-state index in [0.29, 0.717) is 0 Å². The van der Waals surface area contributed by atoms with Gasteiger partial charge in [-0.15, -0.1) is 4.57 Å². The van der Waals surface area contributed by atoms with E-state index < -0.39 is 0 Å². The van der Waals surface area contributed by atoms with E-state index in [9.17, 15) is 0 Å². The monoisotopic (exact) mass is 399 g/mol. The van der Waals surface area contributed by atoms with E-state index >= 15 is 0 Å². The largest absolute Gasteiger partial charge is 0.399 e. The summed E-state index contributed by atoms with van der Waals surface area (Å²) >= 11 is 0. The second-order valence-electron chi connectivity index (χ2n) is 7.79. The van der Waals surface area contributed by atoms with Crippen LogP contribution in [0.5, 0.6) is 0 Å². The summed E-state index contributed by atoms with van der Waals surface area (Å²) in [5.41, 5.74) is 24.9. The molecule has 0 radical (unpaired) electrons. The predicted octanol–water partition coefficient (Wildman–Crippen LogP) is 5.08. The molecular weight excluding hydrogens is 368 g/mol. The van der Waals surface area contributed by atoms with Gasteiger partial charge in [-0.2, -0.15) is 0 Å². The van der Waals surface area contributed by atoms with Crippen molar-refractivity contribution >= 4 is 33.4 Å². The number of anilines is 2. The zero-order valence-electron chi connectivity index (χ0n) is 18.4. The van der Waals surface area contributed by atoms with E-state index in [2.05, 4.69) is 62.6 Å². The minimum Gasteiger partial charge on any atom is -0.399 e. The molecule has 4 N–H and O–H groups in total. The van der Waals surface area contributed by atoms with Crippen LogP contribution in [0.1, 0.15) is 49.9 Å². The van der Waals surface area contributed by atoms with Gasteiger partial charge in [-0.25, -0.2) is 4.98 Å². The third-order valence-electron chi connectivity index (χ3n) is 6.15. The third kappa shape index (κ3) is 2.98. The molecule has 3 aromatic carbocycles. The molecule has 30 heavy (non-hydrogen) atoms. The zero-order chi connectivity index (χ0) is 21.4. The fourth-order valence-corrected chi connectivity index (χ4v) is 4.75. The molecule has 154 valence electrons. The highest BCUT2D eigenvalue weighted by atomic mass is 15.0. The number of benzene rings is 3. The molecule has 4 aromatic rings. The van der Waals surface area contributed by atoms with E-state index in [4.69, 9.17) is 16.5 Å². The fourth-order valence-electron chi connectivity index (χ4n) is 4.75. The molecule has 0 aliphatic rings. The zero-order valence-corrected chi connectivity index (χ0v) is 18.4. The average molecular weight is 400 g/mol. The van der Waals surface area contributed by atoms with Crippen LogP contribution in [0.3, 0.4) is 0 Å². The minimum absolute atomic E-state index is 0.761. The van der Waals surface area contributed by atoms with Crippen molar-refractivity contribution < 1.29 is 4.57 Å². The lowest BCUT2D eigenvalue weighted by molar-refractivity contribution is -0.538. The molecule has 0 atom stereocenters. The van der Waals surface area contributed by atoms with Crippen molar-refractivity contribution in [3.63, 3.8) is 0 Å². The van der Waals surface area contributed by atoms with Crippen molar-refractivity contribution in [2.75, 3.05) is 11.5 Å². The van der Waals surface area contributed by atoms with Crippen LogP contribution in [-0.2, 0) is 25.7 Å². The number of fused-ring (bicyclic) bond motifs is 2. The molecular formula is C26H31N4+. The molecule has 4 heteroatoms. The number of aromatic nitrogens is 2. The van der Waals surface area contributed by atoms with Crippen molar-refractivity contribution in [2.24, 2.45) is 0 Å². The predicted molar refractivity (Wildman–Crippen MR) is 127 cm³/mol. The second kappa shape index (κ2) is 7.94. The van der Waals surface area contributed by atoms with Crippen molar-refractivity contribution in [1.29, 1.82) is 0 Å². The fraction of sp³-hybridized carbons (Fsp3) is 0.308. The molecule has 0 amide bonds. The molecule has 1 heterocycles. The van der Waals surface area contributed by atoms with Crippen LogP contribution in [0.15, 0.2) is 42.5 Å². The first-order chi connectivity index (χ1) is 14.5. The topological polar surface area (TPSA) is 68.8 Å². The second-order valence-corrected chi connectivity index (χ2v) is 7.79. The Balaban J connectivity index is 2.37. The first-order valence-corrected chi connectivity index (χ1v) is 11.0. The SMILES string of the molecule is CCc1c(N)c(CC)c2c(nc3c(CC)cc(N)cc3[n+]2-c2ccccc2)c1CC. The quantitative estimate of drug-likeness (QED) is 0.279. The number of hydrogen-bond donors (Lipinski definition) is 2. The average Bonchev–Trinajstić information content (AvgIpc) is 2.77. The summed E-state index contributed by atoms with van der Waals surface area (Å²) in [5, 5.41) is 0. The van der Waals surface area contributed by atoms with Crippen LogP contribution < -0.4 is 16.0 Å². The lowest BCUT2D eigenvalue weighted by Gasteiger charge is -2.18. The van der Waals surface area contributed by atoms with Gasteiger partial charge in [0.1, 0.15) is 11.0 Å². The van der Waals surface area contributed by atoms with E-state index in [1.54, 1.807) is 0 Å². The number of nitrogens with zero attached hydrogens (tertiary/aromatic N) is 2. The number of nitrogen functional groups attached to an aromatic ring is 2. The van der Waals surface area contributed by atoms with Crippen molar-refractivity contribution in [2.45, 2.75) is 53.4 Å². The van der Waals surface area contributed by atoms with Gasteiger partial charge >= 0.3 is 0 Å². The molecule has 0 saturated carbocycles. The van der Waals surface area contributed by atoms with Crippen molar-refractivity contribution in [3.8, 4) is 5.69 Å². The van der Waals surface area contributed by atoms with E-state index in [0.717, 1.165) is 70.4 Å². The van der Waals surface area contributed by atoms with Crippen molar-refractivity contribution in [1.82, 2.24) is 4.98 Å². The summed E-state index contributed by atoms with van der Waals surface area (Å²) in [5.74, 6) is 0. The summed E-state index contributed by atoms with van der Waals surface area (Å²) in [6.07, 6.45) is 3.54. The Kier molecular flexibility index (Phi) is 5.33. The number of hydrogen-bond acceptors (Lipinski definition) is 3. The smallest absolute Gasteiger partial charge is 0.243 e. The molecule has 0 saturated heterocycles. The maximum atomic E-state index is 6.76. The molecule has 0 aliphatic carbocycles. The van der Waals surface area contributed by atoms with Crippen LogP contribution in [0.4, 0.5) is 11.4 Å². The molecule has 0 spiro atoms. The molecule has 0 bridgehead atoms. The lowest BCUT2D eigenvalue weighted by atomic mass is 9.92. The van der Waals surface area contributed by atoms with Crippen LogP contribution >= 0.6 is 0 Å². The van der Waals surface area contributed by atoms with Crippen LogP contribution in [-0.4, -0.2) is 4.98 Å². The van der Waals surface area contributed by atoms with Gasteiger partial charge in [-0.1, -0.05) is 45.9 Å². The van der Waals surface area contributed by atoms with Gasteiger partial charge in [0, 0.05) is 35.1 Å². The maximum absolute atomic E-state index is 6.76. The Hall–Kier alpha value is -3.14. The normalized spacial score (nSPS) is 11.5. The van der Waals surface area contributed by atoms with Gasteiger partial charge < -0.3 is 11.5 Å². The highest BCUT2D eigenvalue weighted by Gasteiger charge is 2.28. The summed E-state index contributed by atoms with van der Waals surface area (Å²) in [7, 11) is 0. The molecule has 0 aliphatic heterocycles. The molecule has 4 nitrogen and oxygen atoms in total. The molecule has 1 aromatic heterocycles. The Labute approximate surface area is 178 Å². The summed E-state index contributed by atoms with van der Waals surface area (Å²) in [4.78, 5) is 5.27. The van der Waals surface area contributed by atoms with Gasteiger partial charge in [-0.3, -0.25) is 0 Å². The Morgan fingerprint density at radius 1 is 0.767 bits per heavy atom. The Morgan fingerprint density at radius 3 is 2.03 bits per heavy atom. The molecule has 0 fully saturated rings. The summed E-state index contributed by atoms with van der Waals surface area (Å²) < 4.78 is 2.32. The van der Waals surface area contributed by atoms with Crippen molar-refractivity contribution in [3.05, 3.63) is 64.7 Å².